The van der Waals surface area contributed by atoms with E-state index in [1.807, 2.05) is 67.6 Å². The molecule has 3 aromatic carbocycles. The second-order valence-corrected chi connectivity index (χ2v) is 8.80. The van der Waals surface area contributed by atoms with Crippen LogP contribution < -0.4 is 5.32 Å². The number of rotatable bonds is 7. The minimum Gasteiger partial charge on any atom is -0.469 e. The second-order valence-electron chi connectivity index (χ2n) is 8.80. The van der Waals surface area contributed by atoms with Crippen LogP contribution in [0.5, 0.6) is 0 Å². The number of hydrogen-bond acceptors (Lipinski definition) is 4. The van der Waals surface area contributed by atoms with E-state index < -0.39 is 41.6 Å². The minimum atomic E-state index is -0.995. The number of likely N-dealkylation sites (tertiary alicyclic amines) is 1. The lowest BCUT2D eigenvalue weighted by Crippen LogP contribution is -2.48. The van der Waals surface area contributed by atoms with E-state index in [1.165, 1.54) is 36.3 Å². The molecule has 0 spiro atoms. The fraction of sp³-hybridized carbons (Fsp3) is 0.276. The maximum Gasteiger partial charge on any atom is 0.311 e. The van der Waals surface area contributed by atoms with Crippen molar-refractivity contribution in [2.45, 2.75) is 31.3 Å². The Morgan fingerprint density at radius 2 is 1.47 bits per heavy atom. The van der Waals surface area contributed by atoms with Crippen LogP contribution in [0, 0.1) is 11.7 Å². The minimum absolute atomic E-state index is 0.225. The number of amides is 2. The van der Waals surface area contributed by atoms with Crippen LogP contribution in [-0.4, -0.2) is 42.4 Å². The average Bonchev–Trinajstić information content (AvgIpc) is 3.28. The standard InChI is InChI=1S/C29H29FN2O4/c1-3-18-31-27(33)26-23(19-10-6-4-7-11-19)24(29(35)36-2)25(20-12-8-5-9-13-20)32(26)28(34)21-14-16-22(30)17-15-21/h4-17,23-26H,3,18H2,1-2H3,(H,31,33). The SMILES string of the molecule is CCCNC(=O)C1C(c2ccccc2)C(C(=O)OC)C(c2ccccc2)N1C(=O)c1ccc(F)cc1. The molecule has 1 saturated heterocycles. The van der Waals surface area contributed by atoms with Gasteiger partial charge in [0.15, 0.2) is 0 Å². The van der Waals surface area contributed by atoms with E-state index in [1.54, 1.807) is 0 Å². The predicted molar refractivity (Wildman–Crippen MR) is 134 cm³/mol. The molecular weight excluding hydrogens is 459 g/mol. The van der Waals surface area contributed by atoms with Gasteiger partial charge in [0.1, 0.15) is 11.9 Å². The number of hydrogen-bond donors (Lipinski definition) is 1. The third kappa shape index (κ3) is 4.87. The normalized spacial score (nSPS) is 21.1. The van der Waals surface area contributed by atoms with Gasteiger partial charge in [-0.15, -0.1) is 0 Å². The van der Waals surface area contributed by atoms with Crippen molar-refractivity contribution in [1.82, 2.24) is 10.2 Å². The van der Waals surface area contributed by atoms with E-state index in [-0.39, 0.29) is 11.5 Å². The Morgan fingerprint density at radius 1 is 0.889 bits per heavy atom. The number of halogens is 1. The lowest BCUT2D eigenvalue weighted by Gasteiger charge is -2.31. The number of carbonyl (C=O) groups excluding carboxylic acids is 3. The molecule has 4 atom stereocenters. The van der Waals surface area contributed by atoms with Gasteiger partial charge in [0, 0.05) is 18.0 Å². The number of benzene rings is 3. The molecule has 36 heavy (non-hydrogen) atoms. The highest BCUT2D eigenvalue weighted by Crippen LogP contribution is 2.51. The molecule has 0 aromatic heterocycles. The zero-order valence-corrected chi connectivity index (χ0v) is 20.3. The van der Waals surface area contributed by atoms with Crippen molar-refractivity contribution < 1.29 is 23.5 Å². The first-order chi connectivity index (χ1) is 17.5. The molecule has 4 unspecified atom stereocenters. The maximum atomic E-state index is 14.0. The Balaban J connectivity index is 1.95. The van der Waals surface area contributed by atoms with Gasteiger partial charge in [-0.1, -0.05) is 67.6 Å². The Labute approximate surface area is 210 Å². The van der Waals surface area contributed by atoms with E-state index in [4.69, 9.17) is 4.74 Å². The number of nitrogens with one attached hydrogen (secondary N) is 1. The fourth-order valence-corrected chi connectivity index (χ4v) is 5.04. The van der Waals surface area contributed by atoms with Gasteiger partial charge in [-0.05, 0) is 41.8 Å². The monoisotopic (exact) mass is 488 g/mol. The van der Waals surface area contributed by atoms with Gasteiger partial charge in [0.25, 0.3) is 5.91 Å². The Hall–Kier alpha value is -4.00. The first-order valence-corrected chi connectivity index (χ1v) is 12.0. The summed E-state index contributed by atoms with van der Waals surface area (Å²) in [7, 11) is 1.31. The number of methoxy groups -OCH3 is 1. The highest BCUT2D eigenvalue weighted by Gasteiger charge is 2.58. The molecule has 6 nitrogen and oxygen atoms in total. The van der Waals surface area contributed by atoms with E-state index in [0.29, 0.717) is 18.5 Å². The molecular formula is C29H29FN2O4. The van der Waals surface area contributed by atoms with Crippen LogP contribution in [0.3, 0.4) is 0 Å². The summed E-state index contributed by atoms with van der Waals surface area (Å²) in [5.74, 6) is -3.31. The number of carbonyl (C=O) groups is 3. The Kier molecular flexibility index (Phi) is 7.78. The van der Waals surface area contributed by atoms with Gasteiger partial charge in [0.05, 0.1) is 19.1 Å². The van der Waals surface area contributed by atoms with Crippen molar-refractivity contribution in [2.75, 3.05) is 13.7 Å². The van der Waals surface area contributed by atoms with Crippen LogP contribution in [-0.2, 0) is 14.3 Å². The highest BCUT2D eigenvalue weighted by atomic mass is 19.1. The fourth-order valence-electron chi connectivity index (χ4n) is 5.04. The molecule has 7 heteroatoms. The van der Waals surface area contributed by atoms with Crippen molar-refractivity contribution in [3.05, 3.63) is 107 Å². The Bertz CT molecular complexity index is 1200. The van der Waals surface area contributed by atoms with Crippen LogP contribution in [0.2, 0.25) is 0 Å². The van der Waals surface area contributed by atoms with Crippen molar-refractivity contribution >= 4 is 17.8 Å². The van der Waals surface area contributed by atoms with Crippen LogP contribution in [0.15, 0.2) is 84.9 Å². The van der Waals surface area contributed by atoms with Crippen LogP contribution in [0.1, 0.15) is 46.8 Å². The molecule has 1 N–H and O–H groups in total. The molecule has 0 radical (unpaired) electrons. The smallest absolute Gasteiger partial charge is 0.311 e. The maximum absolute atomic E-state index is 14.0. The lowest BCUT2D eigenvalue weighted by molar-refractivity contribution is -0.146. The topological polar surface area (TPSA) is 75.7 Å². The van der Waals surface area contributed by atoms with Gasteiger partial charge >= 0.3 is 5.97 Å². The Morgan fingerprint density at radius 3 is 2.03 bits per heavy atom. The van der Waals surface area contributed by atoms with Gasteiger partial charge in [-0.25, -0.2) is 4.39 Å². The summed E-state index contributed by atoms with van der Waals surface area (Å²) in [5, 5.41) is 2.92. The molecule has 186 valence electrons. The zero-order valence-electron chi connectivity index (χ0n) is 20.3. The van der Waals surface area contributed by atoms with Gasteiger partial charge in [-0.3, -0.25) is 14.4 Å². The molecule has 1 fully saturated rings. The summed E-state index contributed by atoms with van der Waals surface area (Å²) in [6, 6.07) is 21.8. The van der Waals surface area contributed by atoms with E-state index in [9.17, 15) is 18.8 Å². The quantitative estimate of drug-likeness (QED) is 0.497. The van der Waals surface area contributed by atoms with Crippen molar-refractivity contribution in [3.63, 3.8) is 0 Å². The summed E-state index contributed by atoms with van der Waals surface area (Å²) in [6.45, 7) is 2.36. The van der Waals surface area contributed by atoms with E-state index >= 15 is 0 Å². The highest BCUT2D eigenvalue weighted by molar-refractivity contribution is 6.00. The van der Waals surface area contributed by atoms with Crippen LogP contribution in [0.4, 0.5) is 4.39 Å². The van der Waals surface area contributed by atoms with Gasteiger partial charge < -0.3 is 15.0 Å². The zero-order chi connectivity index (χ0) is 25.7. The molecule has 3 aromatic rings. The summed E-state index contributed by atoms with van der Waals surface area (Å²) >= 11 is 0. The molecule has 2 amide bonds. The average molecular weight is 489 g/mol. The number of esters is 1. The molecule has 1 aliphatic rings. The second kappa shape index (κ2) is 11.2. The summed E-state index contributed by atoms with van der Waals surface area (Å²) in [4.78, 5) is 42.6. The third-order valence-electron chi connectivity index (χ3n) is 6.61. The molecule has 1 heterocycles. The summed E-state index contributed by atoms with van der Waals surface area (Å²) in [5.41, 5.74) is 1.68. The third-order valence-corrected chi connectivity index (χ3v) is 6.61. The van der Waals surface area contributed by atoms with E-state index in [2.05, 4.69) is 5.32 Å². The summed E-state index contributed by atoms with van der Waals surface area (Å²) in [6.07, 6.45) is 0.711. The number of nitrogens with zero attached hydrogens (tertiary/aromatic N) is 1. The lowest BCUT2D eigenvalue weighted by atomic mass is 9.80. The number of ether oxygens (including phenoxy) is 1. The predicted octanol–water partition coefficient (Wildman–Crippen LogP) is 4.49. The first kappa shape index (κ1) is 25.1. The molecule has 0 bridgehead atoms. The first-order valence-electron chi connectivity index (χ1n) is 12.0. The summed E-state index contributed by atoms with van der Waals surface area (Å²) < 4.78 is 18.9. The van der Waals surface area contributed by atoms with Crippen molar-refractivity contribution in [2.24, 2.45) is 5.92 Å². The molecule has 1 aliphatic heterocycles. The van der Waals surface area contributed by atoms with Crippen molar-refractivity contribution in [1.29, 1.82) is 0 Å². The van der Waals surface area contributed by atoms with E-state index in [0.717, 1.165) is 5.56 Å². The molecule has 0 aliphatic carbocycles. The van der Waals surface area contributed by atoms with Crippen molar-refractivity contribution in [3.8, 4) is 0 Å². The molecule has 4 rings (SSSR count). The van der Waals surface area contributed by atoms with Crippen LogP contribution >= 0.6 is 0 Å². The molecule has 0 saturated carbocycles. The van der Waals surface area contributed by atoms with Gasteiger partial charge in [0.2, 0.25) is 5.91 Å². The van der Waals surface area contributed by atoms with Crippen LogP contribution in [0.25, 0.3) is 0 Å². The largest absolute Gasteiger partial charge is 0.469 e. The van der Waals surface area contributed by atoms with Gasteiger partial charge in [-0.2, -0.15) is 0 Å².